The van der Waals surface area contributed by atoms with Gasteiger partial charge in [0.15, 0.2) is 5.65 Å². The Balaban J connectivity index is 0.000000861. The minimum absolute atomic E-state index is 0.183. The molecule has 0 spiro atoms. The smallest absolute Gasteiger partial charge is 0.270 e. The van der Waals surface area contributed by atoms with Gasteiger partial charge in [-0.3, -0.25) is 9.36 Å². The number of pyridine rings is 1. The molecule has 0 aliphatic carbocycles. The van der Waals surface area contributed by atoms with E-state index in [9.17, 15) is 4.79 Å². The van der Waals surface area contributed by atoms with Crippen LogP contribution in [0.1, 0.15) is 13.8 Å². The van der Waals surface area contributed by atoms with Crippen molar-refractivity contribution in [3.8, 4) is 5.88 Å². The molecule has 2 aromatic rings. The average molecular weight is 264 g/mol. The van der Waals surface area contributed by atoms with Crippen LogP contribution < -0.4 is 15.6 Å². The van der Waals surface area contributed by atoms with Gasteiger partial charge in [0, 0.05) is 19.7 Å². The first kappa shape index (κ1) is 15.1. The highest BCUT2D eigenvalue weighted by atomic mass is 16.5. The molecule has 0 aromatic carbocycles. The van der Waals surface area contributed by atoms with Crippen molar-refractivity contribution in [3.63, 3.8) is 0 Å². The fourth-order valence-corrected chi connectivity index (χ4v) is 1.43. The normalized spacial score (nSPS) is 9.89. The van der Waals surface area contributed by atoms with Crippen LogP contribution >= 0.6 is 0 Å². The van der Waals surface area contributed by atoms with Crippen LogP contribution in [0.5, 0.6) is 5.88 Å². The summed E-state index contributed by atoms with van der Waals surface area (Å²) in [5.74, 6) is 0.496. The molecule has 0 aliphatic heterocycles. The molecule has 1 N–H and O–H groups in total. The lowest BCUT2D eigenvalue weighted by Gasteiger charge is -2.07. The molecule has 104 valence electrons. The van der Waals surface area contributed by atoms with Crippen molar-refractivity contribution in [3.05, 3.63) is 28.7 Å². The Hall–Kier alpha value is -1.95. The van der Waals surface area contributed by atoms with Gasteiger partial charge in [-0.25, -0.2) is 4.98 Å². The zero-order valence-electron chi connectivity index (χ0n) is 11.8. The highest BCUT2D eigenvalue weighted by molar-refractivity contribution is 5.70. The molecule has 0 saturated heterocycles. The van der Waals surface area contributed by atoms with Crippen molar-refractivity contribution in [1.82, 2.24) is 19.9 Å². The van der Waals surface area contributed by atoms with Crippen LogP contribution in [-0.4, -0.2) is 34.7 Å². The topological polar surface area (TPSA) is 69.0 Å². The maximum atomic E-state index is 11.4. The number of fused-ring (bicyclic) bond motifs is 1. The number of likely N-dealkylation sites (N-methyl/N-ethyl adjacent to an activating group) is 1. The highest BCUT2D eigenvalue weighted by Crippen LogP contribution is 2.12. The predicted octanol–water partition coefficient (Wildman–Crippen LogP) is 0.953. The van der Waals surface area contributed by atoms with Crippen molar-refractivity contribution in [1.29, 1.82) is 0 Å². The van der Waals surface area contributed by atoms with Crippen LogP contribution in [0.2, 0.25) is 0 Å². The first-order valence-corrected chi connectivity index (χ1v) is 6.32. The van der Waals surface area contributed by atoms with Gasteiger partial charge in [0.1, 0.15) is 12.1 Å². The molecule has 0 unspecified atom stereocenters. The van der Waals surface area contributed by atoms with Gasteiger partial charge in [0.05, 0.1) is 6.20 Å². The zero-order chi connectivity index (χ0) is 14.3. The van der Waals surface area contributed by atoms with Gasteiger partial charge < -0.3 is 10.1 Å². The lowest BCUT2D eigenvalue weighted by Crippen LogP contribution is -2.19. The molecule has 0 fully saturated rings. The molecule has 2 aromatic heterocycles. The number of nitrogens with one attached hydrogen (secondary N) is 1. The Morgan fingerprint density at radius 3 is 2.79 bits per heavy atom. The van der Waals surface area contributed by atoms with E-state index < -0.39 is 0 Å². The molecule has 0 atom stereocenters. The second kappa shape index (κ2) is 7.48. The molecule has 2 heterocycles. The largest absolute Gasteiger partial charge is 0.476 e. The molecule has 0 aliphatic rings. The van der Waals surface area contributed by atoms with E-state index in [0.29, 0.717) is 23.7 Å². The fraction of sp³-hybridized carbons (Fsp3) is 0.462. The van der Waals surface area contributed by atoms with Crippen molar-refractivity contribution in [2.75, 3.05) is 20.2 Å². The summed E-state index contributed by atoms with van der Waals surface area (Å²) in [6.07, 6.45) is 1.28. The molecule has 2 rings (SSSR count). The first-order valence-electron chi connectivity index (χ1n) is 6.32. The summed E-state index contributed by atoms with van der Waals surface area (Å²) in [7, 11) is 3.52. The van der Waals surface area contributed by atoms with Crippen molar-refractivity contribution in [2.24, 2.45) is 7.05 Å². The van der Waals surface area contributed by atoms with Crippen LogP contribution in [0, 0.1) is 0 Å². The van der Waals surface area contributed by atoms with E-state index in [2.05, 4.69) is 15.3 Å². The van der Waals surface area contributed by atoms with E-state index in [4.69, 9.17) is 4.74 Å². The van der Waals surface area contributed by atoms with Crippen LogP contribution in [0.4, 0.5) is 0 Å². The predicted molar refractivity (Wildman–Crippen MR) is 75.5 cm³/mol. The Morgan fingerprint density at radius 1 is 1.37 bits per heavy atom. The second-order valence-electron chi connectivity index (χ2n) is 3.60. The lowest BCUT2D eigenvalue weighted by atomic mass is 10.4. The molecule has 0 saturated carbocycles. The number of rotatable bonds is 4. The zero-order valence-corrected chi connectivity index (χ0v) is 11.8. The maximum absolute atomic E-state index is 11.4. The number of hydrogen-bond donors (Lipinski definition) is 1. The molecule has 0 radical (unpaired) electrons. The van der Waals surface area contributed by atoms with E-state index in [1.165, 1.54) is 10.8 Å². The molecule has 6 heteroatoms. The van der Waals surface area contributed by atoms with Gasteiger partial charge >= 0.3 is 0 Å². The molecule has 6 nitrogen and oxygen atoms in total. The Kier molecular flexibility index (Phi) is 5.95. The minimum atomic E-state index is -0.183. The number of ether oxygens (including phenoxy) is 1. The fourth-order valence-electron chi connectivity index (χ4n) is 1.43. The summed E-state index contributed by atoms with van der Waals surface area (Å²) in [6.45, 7) is 5.27. The quantitative estimate of drug-likeness (QED) is 0.833. The van der Waals surface area contributed by atoms with Gasteiger partial charge in [-0.05, 0) is 13.1 Å². The minimum Gasteiger partial charge on any atom is -0.476 e. The molecular weight excluding hydrogens is 244 g/mol. The molecule has 19 heavy (non-hydrogen) atoms. The summed E-state index contributed by atoms with van der Waals surface area (Å²) in [4.78, 5) is 19.7. The van der Waals surface area contributed by atoms with E-state index in [1.807, 2.05) is 20.9 Å². The third-order valence-corrected chi connectivity index (χ3v) is 2.39. The molecular formula is C13H20N4O2. The third-order valence-electron chi connectivity index (χ3n) is 2.39. The average Bonchev–Trinajstić information content (AvgIpc) is 2.46. The van der Waals surface area contributed by atoms with Crippen molar-refractivity contribution >= 4 is 11.2 Å². The van der Waals surface area contributed by atoms with E-state index in [-0.39, 0.29) is 5.56 Å². The second-order valence-corrected chi connectivity index (χ2v) is 3.60. The third kappa shape index (κ3) is 3.75. The van der Waals surface area contributed by atoms with Crippen molar-refractivity contribution in [2.45, 2.75) is 13.8 Å². The summed E-state index contributed by atoms with van der Waals surface area (Å²) in [5, 5.41) is 2.98. The number of aromatic nitrogens is 3. The van der Waals surface area contributed by atoms with E-state index in [1.54, 1.807) is 19.2 Å². The Labute approximate surface area is 112 Å². The SMILES string of the molecule is CC.CNCCOc1ccc2ncc(=O)n(C)c2n1. The van der Waals surface area contributed by atoms with Crippen LogP contribution in [0.3, 0.4) is 0 Å². The lowest BCUT2D eigenvalue weighted by molar-refractivity contribution is 0.307. The standard InChI is InChI=1S/C11H14N4O2.C2H6/c1-12-5-6-17-9-4-3-8-11(14-9)15(2)10(16)7-13-8;1-2/h3-4,7,12H,5-6H2,1-2H3;1-2H3. The molecule has 0 amide bonds. The van der Waals surface area contributed by atoms with E-state index in [0.717, 1.165) is 6.54 Å². The summed E-state index contributed by atoms with van der Waals surface area (Å²) >= 11 is 0. The summed E-state index contributed by atoms with van der Waals surface area (Å²) in [5.41, 5.74) is 1.02. The van der Waals surface area contributed by atoms with Crippen LogP contribution in [0.25, 0.3) is 11.2 Å². The highest BCUT2D eigenvalue weighted by Gasteiger charge is 2.04. The van der Waals surface area contributed by atoms with Gasteiger partial charge in [0.2, 0.25) is 5.88 Å². The monoisotopic (exact) mass is 264 g/mol. The maximum Gasteiger partial charge on any atom is 0.270 e. The number of hydrogen-bond acceptors (Lipinski definition) is 5. The van der Waals surface area contributed by atoms with Gasteiger partial charge in [-0.15, -0.1) is 0 Å². The van der Waals surface area contributed by atoms with Gasteiger partial charge in [-0.2, -0.15) is 4.98 Å². The van der Waals surface area contributed by atoms with Crippen LogP contribution in [-0.2, 0) is 7.05 Å². The van der Waals surface area contributed by atoms with Crippen LogP contribution in [0.15, 0.2) is 23.1 Å². The number of aryl methyl sites for hydroxylation is 1. The summed E-state index contributed by atoms with van der Waals surface area (Å²) in [6, 6.07) is 3.53. The number of nitrogens with zero attached hydrogens (tertiary/aromatic N) is 3. The van der Waals surface area contributed by atoms with E-state index >= 15 is 0 Å². The Morgan fingerprint density at radius 2 is 2.11 bits per heavy atom. The van der Waals surface area contributed by atoms with Gasteiger partial charge in [-0.1, -0.05) is 13.8 Å². The molecule has 0 bridgehead atoms. The Bertz CT molecular complexity index is 580. The summed E-state index contributed by atoms with van der Waals surface area (Å²) < 4.78 is 6.88. The van der Waals surface area contributed by atoms with Gasteiger partial charge in [0.25, 0.3) is 5.56 Å². The van der Waals surface area contributed by atoms with Crippen molar-refractivity contribution < 1.29 is 4.74 Å². The first-order chi connectivity index (χ1) is 9.22.